The molecule has 0 N–H and O–H groups in total. The average molecular weight is 350 g/mol. The molecule has 1 aromatic heterocycles. The number of rotatable bonds is 6. The molecule has 0 radical (unpaired) electrons. The van der Waals surface area contributed by atoms with E-state index in [4.69, 9.17) is 9.26 Å². The first kappa shape index (κ1) is 18.8. The molecule has 2 aliphatic heterocycles. The number of nitrogens with zero attached hydrogens (tertiary/aromatic N) is 3. The normalized spacial score (nSPS) is 21.7. The van der Waals surface area contributed by atoms with Crippen molar-refractivity contribution in [3.05, 3.63) is 11.7 Å². The van der Waals surface area contributed by atoms with Crippen LogP contribution in [0.3, 0.4) is 0 Å². The highest BCUT2D eigenvalue weighted by Crippen LogP contribution is 2.27. The second kappa shape index (κ2) is 8.63. The molecule has 2 saturated heterocycles. The molecule has 3 heterocycles. The maximum absolute atomic E-state index is 5.49. The second-order valence-corrected chi connectivity index (χ2v) is 9.07. The van der Waals surface area contributed by atoms with Crippen LogP contribution in [0.5, 0.6) is 0 Å². The van der Waals surface area contributed by atoms with Crippen molar-refractivity contribution in [2.45, 2.75) is 71.6 Å². The van der Waals surface area contributed by atoms with Gasteiger partial charge in [-0.25, -0.2) is 0 Å². The fourth-order valence-corrected chi connectivity index (χ4v) is 3.81. The van der Waals surface area contributed by atoms with Gasteiger partial charge in [0.2, 0.25) is 5.89 Å². The van der Waals surface area contributed by atoms with Gasteiger partial charge in [-0.05, 0) is 69.5 Å². The van der Waals surface area contributed by atoms with E-state index < -0.39 is 0 Å². The monoisotopic (exact) mass is 349 g/mol. The fraction of sp³-hybridized carbons (Fsp3) is 0.900. The van der Waals surface area contributed by atoms with Crippen molar-refractivity contribution in [1.29, 1.82) is 0 Å². The van der Waals surface area contributed by atoms with Crippen LogP contribution in [0.25, 0.3) is 0 Å². The van der Waals surface area contributed by atoms with Gasteiger partial charge in [-0.2, -0.15) is 4.98 Å². The third-order valence-electron chi connectivity index (χ3n) is 5.72. The Balaban J connectivity index is 1.36. The SMILES string of the molecule is CC(C)(C)CCN1CCC(CCc2nc(C3CCOCC3)no2)CC1. The van der Waals surface area contributed by atoms with Gasteiger partial charge in [-0.3, -0.25) is 0 Å². The molecule has 0 aromatic carbocycles. The molecule has 0 atom stereocenters. The highest BCUT2D eigenvalue weighted by atomic mass is 16.5. The Hall–Kier alpha value is -0.940. The first-order chi connectivity index (χ1) is 12.0. The van der Waals surface area contributed by atoms with Crippen molar-refractivity contribution in [2.75, 3.05) is 32.8 Å². The predicted octanol–water partition coefficient (Wildman–Crippen LogP) is 4.04. The van der Waals surface area contributed by atoms with Crippen LogP contribution >= 0.6 is 0 Å². The van der Waals surface area contributed by atoms with Gasteiger partial charge in [0.05, 0.1) is 0 Å². The Morgan fingerprint density at radius 1 is 1.08 bits per heavy atom. The average Bonchev–Trinajstić information content (AvgIpc) is 3.08. The Bertz CT molecular complexity index is 509. The Morgan fingerprint density at radius 2 is 1.80 bits per heavy atom. The summed E-state index contributed by atoms with van der Waals surface area (Å²) in [4.78, 5) is 7.28. The number of ether oxygens (including phenoxy) is 1. The molecule has 2 fully saturated rings. The summed E-state index contributed by atoms with van der Waals surface area (Å²) in [5.41, 5.74) is 0.441. The Kier molecular flexibility index (Phi) is 6.50. The van der Waals surface area contributed by atoms with Crippen molar-refractivity contribution in [3.63, 3.8) is 0 Å². The third-order valence-corrected chi connectivity index (χ3v) is 5.72. The summed E-state index contributed by atoms with van der Waals surface area (Å²) in [5.74, 6) is 2.97. The molecule has 3 rings (SSSR count). The van der Waals surface area contributed by atoms with E-state index in [0.29, 0.717) is 11.3 Å². The summed E-state index contributed by atoms with van der Waals surface area (Å²) in [6, 6.07) is 0. The molecule has 0 spiro atoms. The lowest BCUT2D eigenvalue weighted by Crippen LogP contribution is -2.35. The third kappa shape index (κ3) is 6.07. The molecule has 5 nitrogen and oxygen atoms in total. The molecular weight excluding hydrogens is 314 g/mol. The molecular formula is C20H35N3O2. The zero-order valence-electron chi connectivity index (χ0n) is 16.3. The standard InChI is InChI=1S/C20H35N3O2/c1-20(2,3)10-13-23-11-6-16(7-12-23)4-5-18-21-19(22-25-18)17-8-14-24-15-9-17/h16-17H,4-15H2,1-3H3. The molecule has 142 valence electrons. The van der Waals surface area contributed by atoms with E-state index in [1.165, 1.54) is 45.3 Å². The molecule has 5 heteroatoms. The van der Waals surface area contributed by atoms with E-state index in [-0.39, 0.29) is 0 Å². The van der Waals surface area contributed by atoms with Gasteiger partial charge < -0.3 is 14.2 Å². The van der Waals surface area contributed by atoms with Crippen LogP contribution in [-0.4, -0.2) is 47.9 Å². The lowest BCUT2D eigenvalue weighted by atomic mass is 9.89. The van der Waals surface area contributed by atoms with E-state index >= 15 is 0 Å². The number of aryl methyl sites for hydroxylation is 1. The number of hydrogen-bond acceptors (Lipinski definition) is 5. The van der Waals surface area contributed by atoms with Crippen LogP contribution < -0.4 is 0 Å². The molecule has 0 saturated carbocycles. The number of piperidine rings is 1. The maximum Gasteiger partial charge on any atom is 0.226 e. The quantitative estimate of drug-likeness (QED) is 0.775. The van der Waals surface area contributed by atoms with Crippen molar-refractivity contribution in [2.24, 2.45) is 11.3 Å². The molecule has 0 aliphatic carbocycles. The molecule has 25 heavy (non-hydrogen) atoms. The topological polar surface area (TPSA) is 51.4 Å². The van der Waals surface area contributed by atoms with E-state index in [1.807, 2.05) is 0 Å². The number of likely N-dealkylation sites (tertiary alicyclic amines) is 1. The maximum atomic E-state index is 5.49. The fourth-order valence-electron chi connectivity index (χ4n) is 3.81. The van der Waals surface area contributed by atoms with Crippen molar-refractivity contribution < 1.29 is 9.26 Å². The molecule has 0 bridgehead atoms. The highest BCUT2D eigenvalue weighted by molar-refractivity contribution is 4.97. The highest BCUT2D eigenvalue weighted by Gasteiger charge is 2.23. The lowest BCUT2D eigenvalue weighted by Gasteiger charge is -2.33. The summed E-state index contributed by atoms with van der Waals surface area (Å²) in [7, 11) is 0. The molecule has 2 aliphatic rings. The first-order valence-electron chi connectivity index (χ1n) is 10.1. The Labute approximate surface area is 152 Å². The summed E-state index contributed by atoms with van der Waals surface area (Å²) < 4.78 is 10.9. The van der Waals surface area contributed by atoms with Gasteiger partial charge >= 0.3 is 0 Å². The zero-order valence-corrected chi connectivity index (χ0v) is 16.3. The van der Waals surface area contributed by atoms with Crippen LogP contribution in [0.1, 0.15) is 76.9 Å². The van der Waals surface area contributed by atoms with Gasteiger partial charge in [-0.1, -0.05) is 25.9 Å². The Morgan fingerprint density at radius 3 is 2.48 bits per heavy atom. The first-order valence-corrected chi connectivity index (χ1v) is 10.1. The predicted molar refractivity (Wildman–Crippen MR) is 98.6 cm³/mol. The zero-order chi connectivity index (χ0) is 17.7. The van der Waals surface area contributed by atoms with E-state index in [2.05, 4.69) is 35.8 Å². The van der Waals surface area contributed by atoms with Crippen molar-refractivity contribution in [3.8, 4) is 0 Å². The molecule has 0 amide bonds. The summed E-state index contributed by atoms with van der Waals surface area (Å²) in [6.45, 7) is 12.4. The van der Waals surface area contributed by atoms with Crippen molar-refractivity contribution in [1.82, 2.24) is 15.0 Å². The van der Waals surface area contributed by atoms with Gasteiger partial charge in [-0.15, -0.1) is 0 Å². The van der Waals surface area contributed by atoms with E-state index in [0.717, 1.165) is 50.1 Å². The minimum absolute atomic E-state index is 0.428. The second-order valence-electron chi connectivity index (χ2n) is 9.07. The van der Waals surface area contributed by atoms with E-state index in [1.54, 1.807) is 0 Å². The minimum Gasteiger partial charge on any atom is -0.381 e. The van der Waals surface area contributed by atoms with Gasteiger partial charge in [0, 0.05) is 25.6 Å². The molecule has 0 unspecified atom stereocenters. The lowest BCUT2D eigenvalue weighted by molar-refractivity contribution is 0.0830. The van der Waals surface area contributed by atoms with Crippen LogP contribution in [-0.2, 0) is 11.2 Å². The summed E-state index contributed by atoms with van der Waals surface area (Å²) >= 11 is 0. The van der Waals surface area contributed by atoms with Crippen LogP contribution in [0.2, 0.25) is 0 Å². The van der Waals surface area contributed by atoms with Crippen molar-refractivity contribution >= 4 is 0 Å². The van der Waals surface area contributed by atoms with Crippen LogP contribution in [0.15, 0.2) is 4.52 Å². The van der Waals surface area contributed by atoms with Crippen LogP contribution in [0, 0.1) is 11.3 Å². The summed E-state index contributed by atoms with van der Waals surface area (Å²) in [5, 5.41) is 4.21. The smallest absolute Gasteiger partial charge is 0.226 e. The number of aromatic nitrogens is 2. The van der Waals surface area contributed by atoms with Gasteiger partial charge in [0.1, 0.15) is 0 Å². The largest absolute Gasteiger partial charge is 0.381 e. The van der Waals surface area contributed by atoms with E-state index in [9.17, 15) is 0 Å². The van der Waals surface area contributed by atoms with Gasteiger partial charge in [0.15, 0.2) is 5.82 Å². The number of hydrogen-bond donors (Lipinski definition) is 0. The molecule has 1 aromatic rings. The summed E-state index contributed by atoms with van der Waals surface area (Å²) in [6.07, 6.45) is 8.06. The van der Waals surface area contributed by atoms with Gasteiger partial charge in [0.25, 0.3) is 0 Å². The minimum atomic E-state index is 0.428. The van der Waals surface area contributed by atoms with Crippen LogP contribution in [0.4, 0.5) is 0 Å².